The Balaban J connectivity index is 1.27. The van der Waals surface area contributed by atoms with Crippen LogP contribution in [-0.4, -0.2) is 56.6 Å². The fraction of sp³-hybridized carbons (Fsp3) is 0.308. The van der Waals surface area contributed by atoms with Crippen molar-refractivity contribution in [2.45, 2.75) is 31.7 Å². The third-order valence-electron chi connectivity index (χ3n) is 6.14. The molecular formula is C26H28N6OS. The second-order valence-corrected chi connectivity index (χ2v) is 9.65. The SMILES string of the molecule is Cc1cccc(N2CCN(C(=O)c3ccccc3CSc3nc4nc(C)cc(C)n4n3)CC2)c1. The van der Waals surface area contributed by atoms with Crippen LogP contribution in [0.15, 0.2) is 59.8 Å². The third kappa shape index (κ3) is 4.63. The number of piperazine rings is 1. The first-order valence-corrected chi connectivity index (χ1v) is 12.5. The highest BCUT2D eigenvalue weighted by Gasteiger charge is 2.24. The predicted molar refractivity (Wildman–Crippen MR) is 136 cm³/mol. The quantitative estimate of drug-likeness (QED) is 0.404. The van der Waals surface area contributed by atoms with E-state index in [1.165, 1.54) is 23.0 Å². The Morgan fingerprint density at radius 1 is 0.941 bits per heavy atom. The van der Waals surface area contributed by atoms with E-state index in [1.54, 1.807) is 4.52 Å². The zero-order valence-electron chi connectivity index (χ0n) is 19.7. The van der Waals surface area contributed by atoms with Gasteiger partial charge in [-0.15, -0.1) is 5.10 Å². The number of nitrogens with zero attached hydrogens (tertiary/aromatic N) is 6. The van der Waals surface area contributed by atoms with Crippen molar-refractivity contribution in [3.05, 3.63) is 82.7 Å². The molecular weight excluding hydrogens is 444 g/mol. The Morgan fingerprint density at radius 2 is 1.74 bits per heavy atom. The molecule has 5 rings (SSSR count). The summed E-state index contributed by atoms with van der Waals surface area (Å²) in [5.74, 6) is 1.33. The van der Waals surface area contributed by atoms with Crippen molar-refractivity contribution in [2.75, 3.05) is 31.1 Å². The van der Waals surface area contributed by atoms with E-state index in [4.69, 9.17) is 0 Å². The van der Waals surface area contributed by atoms with E-state index in [9.17, 15) is 4.79 Å². The molecule has 174 valence electrons. The Labute approximate surface area is 203 Å². The minimum atomic E-state index is 0.0937. The van der Waals surface area contributed by atoms with E-state index >= 15 is 0 Å². The summed E-state index contributed by atoms with van der Waals surface area (Å²) in [4.78, 5) is 26.7. The molecule has 0 saturated carbocycles. The number of fused-ring (bicyclic) bond motifs is 1. The van der Waals surface area contributed by atoms with Gasteiger partial charge in [0.1, 0.15) is 0 Å². The Morgan fingerprint density at radius 3 is 2.53 bits per heavy atom. The summed E-state index contributed by atoms with van der Waals surface area (Å²) in [7, 11) is 0. The molecule has 0 N–H and O–H groups in total. The summed E-state index contributed by atoms with van der Waals surface area (Å²) in [5.41, 5.74) is 6.16. The molecule has 0 unspecified atom stereocenters. The number of rotatable bonds is 5. The van der Waals surface area contributed by atoms with E-state index in [1.807, 2.05) is 49.1 Å². The normalized spacial score (nSPS) is 14.1. The lowest BCUT2D eigenvalue weighted by atomic mass is 10.1. The molecule has 34 heavy (non-hydrogen) atoms. The lowest BCUT2D eigenvalue weighted by molar-refractivity contribution is 0.0746. The topological polar surface area (TPSA) is 66.6 Å². The Hall–Kier alpha value is -3.39. The van der Waals surface area contributed by atoms with Gasteiger partial charge < -0.3 is 9.80 Å². The van der Waals surface area contributed by atoms with E-state index in [0.717, 1.165) is 35.6 Å². The van der Waals surface area contributed by atoms with Crippen LogP contribution in [-0.2, 0) is 5.75 Å². The molecule has 1 aliphatic rings. The predicted octanol–water partition coefficient (Wildman–Crippen LogP) is 4.30. The van der Waals surface area contributed by atoms with Gasteiger partial charge >= 0.3 is 0 Å². The van der Waals surface area contributed by atoms with E-state index in [0.29, 0.717) is 29.8 Å². The first-order chi connectivity index (χ1) is 16.5. The molecule has 0 aliphatic carbocycles. The maximum atomic E-state index is 13.4. The molecule has 1 aliphatic heterocycles. The number of aromatic nitrogens is 4. The minimum absolute atomic E-state index is 0.0937. The number of anilines is 1. The van der Waals surface area contributed by atoms with Crippen LogP contribution in [0.25, 0.3) is 5.78 Å². The van der Waals surface area contributed by atoms with Gasteiger partial charge in [0.2, 0.25) is 5.16 Å². The molecule has 7 nitrogen and oxygen atoms in total. The average molecular weight is 473 g/mol. The highest BCUT2D eigenvalue weighted by atomic mass is 32.2. The van der Waals surface area contributed by atoms with Gasteiger partial charge in [-0.05, 0) is 56.2 Å². The summed E-state index contributed by atoms with van der Waals surface area (Å²) in [5, 5.41) is 5.24. The lowest BCUT2D eigenvalue weighted by Gasteiger charge is -2.36. The first kappa shape index (κ1) is 22.4. The number of benzene rings is 2. The number of amides is 1. The van der Waals surface area contributed by atoms with Crippen molar-refractivity contribution in [1.29, 1.82) is 0 Å². The monoisotopic (exact) mass is 472 g/mol. The lowest BCUT2D eigenvalue weighted by Crippen LogP contribution is -2.49. The smallest absolute Gasteiger partial charge is 0.254 e. The van der Waals surface area contributed by atoms with Gasteiger partial charge in [0.05, 0.1) is 0 Å². The van der Waals surface area contributed by atoms with Gasteiger partial charge in [0.15, 0.2) is 0 Å². The van der Waals surface area contributed by atoms with Crippen LogP contribution in [0.5, 0.6) is 0 Å². The number of carbonyl (C=O) groups is 1. The number of hydrogen-bond donors (Lipinski definition) is 0. The zero-order chi connectivity index (χ0) is 23.7. The maximum Gasteiger partial charge on any atom is 0.254 e. The number of carbonyl (C=O) groups excluding carboxylic acids is 1. The number of aryl methyl sites for hydroxylation is 3. The zero-order valence-corrected chi connectivity index (χ0v) is 20.5. The van der Waals surface area contributed by atoms with Crippen LogP contribution in [0.3, 0.4) is 0 Å². The minimum Gasteiger partial charge on any atom is -0.368 e. The summed E-state index contributed by atoms with van der Waals surface area (Å²) < 4.78 is 1.76. The number of hydrogen-bond acceptors (Lipinski definition) is 6. The van der Waals surface area contributed by atoms with Gasteiger partial charge in [-0.25, -0.2) is 9.50 Å². The second-order valence-electron chi connectivity index (χ2n) is 8.71. The second kappa shape index (κ2) is 9.46. The molecule has 0 radical (unpaired) electrons. The summed E-state index contributed by atoms with van der Waals surface area (Å²) >= 11 is 1.53. The Bertz CT molecular complexity index is 1340. The van der Waals surface area contributed by atoms with Gasteiger partial charge in [-0.2, -0.15) is 4.98 Å². The van der Waals surface area contributed by atoms with Gasteiger partial charge in [0.25, 0.3) is 11.7 Å². The molecule has 2 aromatic carbocycles. The maximum absolute atomic E-state index is 13.4. The van der Waals surface area contributed by atoms with Crippen molar-refractivity contribution in [2.24, 2.45) is 0 Å². The highest BCUT2D eigenvalue weighted by Crippen LogP contribution is 2.25. The van der Waals surface area contributed by atoms with E-state index < -0.39 is 0 Å². The molecule has 0 spiro atoms. The van der Waals surface area contributed by atoms with Gasteiger partial charge in [0, 0.05) is 54.6 Å². The fourth-order valence-electron chi connectivity index (χ4n) is 4.37. The van der Waals surface area contributed by atoms with Crippen molar-refractivity contribution in [3.63, 3.8) is 0 Å². The van der Waals surface area contributed by atoms with Crippen LogP contribution in [0, 0.1) is 20.8 Å². The van der Waals surface area contributed by atoms with E-state index in [2.05, 4.69) is 51.2 Å². The summed E-state index contributed by atoms with van der Waals surface area (Å²) in [6, 6.07) is 18.4. The van der Waals surface area contributed by atoms with Crippen molar-refractivity contribution in [1.82, 2.24) is 24.5 Å². The fourth-order valence-corrected chi connectivity index (χ4v) is 5.19. The van der Waals surface area contributed by atoms with Crippen molar-refractivity contribution < 1.29 is 4.79 Å². The largest absolute Gasteiger partial charge is 0.368 e. The van der Waals surface area contributed by atoms with Crippen molar-refractivity contribution in [3.8, 4) is 0 Å². The van der Waals surface area contributed by atoms with Crippen LogP contribution < -0.4 is 4.90 Å². The summed E-state index contributed by atoms with van der Waals surface area (Å²) in [6.45, 7) is 9.17. The number of thioether (sulfide) groups is 1. The molecule has 8 heteroatoms. The van der Waals surface area contributed by atoms with Gasteiger partial charge in [-0.1, -0.05) is 42.1 Å². The molecule has 1 fully saturated rings. The average Bonchev–Trinajstić information content (AvgIpc) is 3.26. The summed E-state index contributed by atoms with van der Waals surface area (Å²) in [6.07, 6.45) is 0. The van der Waals surface area contributed by atoms with Crippen LogP contribution in [0.1, 0.15) is 32.9 Å². The van der Waals surface area contributed by atoms with Crippen LogP contribution >= 0.6 is 11.8 Å². The molecule has 2 aromatic heterocycles. The first-order valence-electron chi connectivity index (χ1n) is 11.5. The van der Waals surface area contributed by atoms with Crippen LogP contribution in [0.2, 0.25) is 0 Å². The van der Waals surface area contributed by atoms with E-state index in [-0.39, 0.29) is 5.91 Å². The van der Waals surface area contributed by atoms with Crippen LogP contribution in [0.4, 0.5) is 5.69 Å². The van der Waals surface area contributed by atoms with Crippen molar-refractivity contribution >= 4 is 29.1 Å². The standard InChI is InChI=1S/C26H28N6OS/c1-18-7-6-9-22(15-18)30-11-13-31(14-12-30)24(33)23-10-5-4-8-21(23)17-34-26-28-25-27-19(2)16-20(3)32(25)29-26/h4-10,15-16H,11-14,17H2,1-3H3. The molecule has 1 amide bonds. The third-order valence-corrected chi connectivity index (χ3v) is 7.02. The molecule has 1 saturated heterocycles. The van der Waals surface area contributed by atoms with Gasteiger partial charge in [-0.3, -0.25) is 4.79 Å². The molecule has 3 heterocycles. The highest BCUT2D eigenvalue weighted by molar-refractivity contribution is 7.98. The molecule has 0 bridgehead atoms. The molecule has 0 atom stereocenters. The molecule has 4 aromatic rings. The Kier molecular flexibility index (Phi) is 6.24.